The molecule has 3 rings (SSSR count). The minimum absolute atomic E-state index is 0.294. The number of carbonyl (C=O) groups excluding carboxylic acids is 1. The van der Waals surface area contributed by atoms with Crippen molar-refractivity contribution < 1.29 is 9.53 Å². The highest BCUT2D eigenvalue weighted by molar-refractivity contribution is 5.95. The smallest absolute Gasteiger partial charge is 0.359 e. The predicted octanol–water partition coefficient (Wildman–Crippen LogP) is 3.62. The van der Waals surface area contributed by atoms with Crippen LogP contribution < -0.4 is 0 Å². The standard InChI is InChI=1S/C18H17N3O2/c1-3-23-18(22)16-15(13-6-4-12(2)5-7-13)20-17(21-16)14-8-10-19-11-9-14/h4-11H,3H2,1-2H3,(H,20,21). The summed E-state index contributed by atoms with van der Waals surface area (Å²) in [5, 5.41) is 0. The quantitative estimate of drug-likeness (QED) is 0.747. The van der Waals surface area contributed by atoms with Crippen molar-refractivity contribution in [2.45, 2.75) is 13.8 Å². The molecule has 2 aromatic heterocycles. The van der Waals surface area contributed by atoms with E-state index in [1.807, 2.05) is 43.3 Å². The Hall–Kier alpha value is -2.95. The van der Waals surface area contributed by atoms with Crippen LogP contribution in [0.1, 0.15) is 23.0 Å². The normalized spacial score (nSPS) is 10.5. The number of aromatic amines is 1. The van der Waals surface area contributed by atoms with Crippen LogP contribution in [-0.2, 0) is 4.74 Å². The number of rotatable bonds is 4. The van der Waals surface area contributed by atoms with E-state index < -0.39 is 5.97 Å². The lowest BCUT2D eigenvalue weighted by Crippen LogP contribution is -2.06. The molecule has 0 spiro atoms. The number of hydrogen-bond donors (Lipinski definition) is 1. The van der Waals surface area contributed by atoms with Gasteiger partial charge >= 0.3 is 5.97 Å². The van der Waals surface area contributed by atoms with Gasteiger partial charge in [-0.05, 0) is 26.0 Å². The van der Waals surface area contributed by atoms with Gasteiger partial charge in [0.25, 0.3) is 0 Å². The lowest BCUT2D eigenvalue weighted by Gasteiger charge is -2.03. The third-order valence-electron chi connectivity index (χ3n) is 3.47. The Labute approximate surface area is 134 Å². The molecule has 1 aromatic carbocycles. The fourth-order valence-electron chi connectivity index (χ4n) is 2.30. The van der Waals surface area contributed by atoms with Crippen molar-refractivity contribution in [1.29, 1.82) is 0 Å². The molecule has 5 nitrogen and oxygen atoms in total. The van der Waals surface area contributed by atoms with Crippen LogP contribution in [0.4, 0.5) is 0 Å². The summed E-state index contributed by atoms with van der Waals surface area (Å²) in [4.78, 5) is 23.9. The molecule has 0 unspecified atom stereocenters. The number of esters is 1. The van der Waals surface area contributed by atoms with Crippen molar-refractivity contribution in [1.82, 2.24) is 15.0 Å². The Morgan fingerprint density at radius 2 is 1.78 bits per heavy atom. The topological polar surface area (TPSA) is 67.9 Å². The van der Waals surface area contributed by atoms with Gasteiger partial charge in [-0.1, -0.05) is 29.8 Å². The van der Waals surface area contributed by atoms with Crippen LogP contribution in [0.2, 0.25) is 0 Å². The molecule has 5 heteroatoms. The summed E-state index contributed by atoms with van der Waals surface area (Å²) in [6.45, 7) is 4.11. The van der Waals surface area contributed by atoms with E-state index >= 15 is 0 Å². The lowest BCUT2D eigenvalue weighted by atomic mass is 10.1. The summed E-state index contributed by atoms with van der Waals surface area (Å²) in [5.41, 5.74) is 3.87. The fraction of sp³-hybridized carbons (Fsp3) is 0.167. The molecule has 23 heavy (non-hydrogen) atoms. The van der Waals surface area contributed by atoms with E-state index in [-0.39, 0.29) is 0 Å². The van der Waals surface area contributed by atoms with E-state index in [2.05, 4.69) is 15.0 Å². The van der Waals surface area contributed by atoms with E-state index in [1.54, 1.807) is 19.3 Å². The Balaban J connectivity index is 2.10. The molecule has 0 aliphatic carbocycles. The van der Waals surface area contributed by atoms with Gasteiger partial charge in [0.15, 0.2) is 5.69 Å². The first-order valence-corrected chi connectivity index (χ1v) is 7.43. The Morgan fingerprint density at radius 1 is 1.09 bits per heavy atom. The number of benzene rings is 1. The van der Waals surface area contributed by atoms with Gasteiger partial charge in [-0.2, -0.15) is 0 Å². The first-order chi connectivity index (χ1) is 11.2. The molecule has 0 bridgehead atoms. The second-order valence-corrected chi connectivity index (χ2v) is 5.13. The van der Waals surface area contributed by atoms with E-state index in [0.29, 0.717) is 23.8 Å². The first-order valence-electron chi connectivity index (χ1n) is 7.43. The fourth-order valence-corrected chi connectivity index (χ4v) is 2.30. The first kappa shape index (κ1) is 15.0. The lowest BCUT2D eigenvalue weighted by molar-refractivity contribution is 0.0521. The summed E-state index contributed by atoms with van der Waals surface area (Å²) < 4.78 is 5.13. The second kappa shape index (κ2) is 6.44. The van der Waals surface area contributed by atoms with Crippen LogP contribution in [-0.4, -0.2) is 27.5 Å². The van der Waals surface area contributed by atoms with Gasteiger partial charge in [0.1, 0.15) is 5.82 Å². The number of imidazole rings is 1. The molecule has 0 saturated carbocycles. The Morgan fingerprint density at radius 3 is 2.43 bits per heavy atom. The monoisotopic (exact) mass is 307 g/mol. The molecule has 3 aromatic rings. The number of aryl methyl sites for hydroxylation is 1. The maximum atomic E-state index is 12.2. The zero-order chi connectivity index (χ0) is 16.2. The van der Waals surface area contributed by atoms with Crippen LogP contribution in [0.25, 0.3) is 22.6 Å². The van der Waals surface area contributed by atoms with Gasteiger partial charge in [-0.15, -0.1) is 0 Å². The number of nitrogens with one attached hydrogen (secondary N) is 1. The van der Waals surface area contributed by atoms with Crippen molar-refractivity contribution in [3.63, 3.8) is 0 Å². The van der Waals surface area contributed by atoms with Crippen molar-refractivity contribution in [3.05, 3.63) is 60.0 Å². The van der Waals surface area contributed by atoms with E-state index in [9.17, 15) is 4.79 Å². The minimum Gasteiger partial charge on any atom is -0.461 e. The van der Waals surface area contributed by atoms with Gasteiger partial charge in [-0.3, -0.25) is 4.98 Å². The molecule has 0 saturated heterocycles. The van der Waals surface area contributed by atoms with Crippen molar-refractivity contribution in [2.24, 2.45) is 0 Å². The predicted molar refractivity (Wildman–Crippen MR) is 87.9 cm³/mol. The summed E-state index contributed by atoms with van der Waals surface area (Å²) in [6, 6.07) is 11.6. The van der Waals surface area contributed by atoms with Crippen molar-refractivity contribution in [3.8, 4) is 22.6 Å². The van der Waals surface area contributed by atoms with Crippen LogP contribution >= 0.6 is 0 Å². The SMILES string of the molecule is CCOC(=O)c1nc(-c2ccncc2)[nH]c1-c1ccc(C)cc1. The molecule has 2 heterocycles. The largest absolute Gasteiger partial charge is 0.461 e. The number of pyridine rings is 1. The highest BCUT2D eigenvalue weighted by atomic mass is 16.5. The summed E-state index contributed by atoms with van der Waals surface area (Å²) in [6.07, 6.45) is 3.38. The third-order valence-corrected chi connectivity index (χ3v) is 3.47. The highest BCUT2D eigenvalue weighted by Gasteiger charge is 2.20. The number of H-pyrrole nitrogens is 1. The van der Waals surface area contributed by atoms with Crippen LogP contribution in [0.15, 0.2) is 48.8 Å². The molecule has 1 N–H and O–H groups in total. The number of carbonyl (C=O) groups is 1. The molecular formula is C18H17N3O2. The third kappa shape index (κ3) is 3.13. The summed E-state index contributed by atoms with van der Waals surface area (Å²) in [7, 11) is 0. The van der Waals surface area contributed by atoms with Crippen LogP contribution in [0, 0.1) is 6.92 Å². The number of hydrogen-bond acceptors (Lipinski definition) is 4. The maximum Gasteiger partial charge on any atom is 0.359 e. The average Bonchev–Trinajstić information content (AvgIpc) is 3.02. The van der Waals surface area contributed by atoms with E-state index in [1.165, 1.54) is 0 Å². The van der Waals surface area contributed by atoms with E-state index in [4.69, 9.17) is 4.74 Å². The molecule has 0 aliphatic heterocycles. The molecule has 0 amide bonds. The van der Waals surface area contributed by atoms with Crippen molar-refractivity contribution in [2.75, 3.05) is 6.61 Å². The molecule has 116 valence electrons. The molecule has 0 radical (unpaired) electrons. The van der Waals surface area contributed by atoms with Gasteiger partial charge in [-0.25, -0.2) is 9.78 Å². The van der Waals surface area contributed by atoms with Crippen LogP contribution in [0.5, 0.6) is 0 Å². The molecular weight excluding hydrogens is 290 g/mol. The second-order valence-electron chi connectivity index (χ2n) is 5.13. The van der Waals surface area contributed by atoms with Crippen LogP contribution in [0.3, 0.4) is 0 Å². The molecule has 0 atom stereocenters. The number of aromatic nitrogens is 3. The number of nitrogens with zero attached hydrogens (tertiary/aromatic N) is 2. The maximum absolute atomic E-state index is 12.2. The zero-order valence-electron chi connectivity index (χ0n) is 13.0. The average molecular weight is 307 g/mol. The van der Waals surface area contributed by atoms with Gasteiger partial charge in [0, 0.05) is 23.5 Å². The molecule has 0 fully saturated rings. The number of ether oxygens (including phenoxy) is 1. The molecule has 0 aliphatic rings. The minimum atomic E-state index is -0.431. The van der Waals surface area contributed by atoms with Gasteiger partial charge in [0.2, 0.25) is 0 Å². The summed E-state index contributed by atoms with van der Waals surface area (Å²) >= 11 is 0. The van der Waals surface area contributed by atoms with Gasteiger partial charge < -0.3 is 9.72 Å². The Bertz CT molecular complexity index is 808. The highest BCUT2D eigenvalue weighted by Crippen LogP contribution is 2.26. The van der Waals surface area contributed by atoms with Gasteiger partial charge in [0.05, 0.1) is 12.3 Å². The zero-order valence-corrected chi connectivity index (χ0v) is 13.0. The van der Waals surface area contributed by atoms with E-state index in [0.717, 1.165) is 16.7 Å². The summed E-state index contributed by atoms with van der Waals surface area (Å²) in [5.74, 6) is 0.186. The Kier molecular flexibility index (Phi) is 4.19. The van der Waals surface area contributed by atoms with Crippen molar-refractivity contribution >= 4 is 5.97 Å².